The van der Waals surface area contributed by atoms with Gasteiger partial charge in [-0.2, -0.15) is 0 Å². The number of aromatic hydroxyl groups is 1. The molecule has 1 aromatic rings. The van der Waals surface area contributed by atoms with Crippen molar-refractivity contribution in [3.8, 4) is 5.75 Å². The SMILES string of the molecule is CC(C)(C)c1cccc(C(C)(C)C)c1O.OB(O)O. The molecule has 0 aliphatic rings. The van der Waals surface area contributed by atoms with E-state index in [2.05, 4.69) is 41.5 Å². The minimum absolute atomic E-state index is 0.00859. The Hall–Kier alpha value is -1.04. The fourth-order valence-corrected chi connectivity index (χ4v) is 1.75. The number of rotatable bonds is 0. The molecule has 0 aromatic heterocycles. The molecule has 0 heterocycles. The Kier molecular flexibility index (Phi) is 6.06. The van der Waals surface area contributed by atoms with E-state index in [1.54, 1.807) is 0 Å². The van der Waals surface area contributed by atoms with Crippen LogP contribution in [-0.4, -0.2) is 27.5 Å². The quantitative estimate of drug-likeness (QED) is 0.542. The van der Waals surface area contributed by atoms with Gasteiger partial charge in [0.2, 0.25) is 0 Å². The van der Waals surface area contributed by atoms with Gasteiger partial charge in [0.05, 0.1) is 0 Å². The normalized spacial score (nSPS) is 11.6. The monoisotopic (exact) mass is 268 g/mol. The number of phenolic OH excluding ortho intramolecular Hbond substituents is 1. The van der Waals surface area contributed by atoms with Crippen LogP contribution in [0, 0.1) is 0 Å². The maximum atomic E-state index is 10.3. The lowest BCUT2D eigenvalue weighted by molar-refractivity contribution is 0.278. The molecule has 0 saturated heterocycles. The molecule has 0 aliphatic heterocycles. The summed E-state index contributed by atoms with van der Waals surface area (Å²) >= 11 is 0. The zero-order valence-corrected chi connectivity index (χ0v) is 12.6. The maximum absolute atomic E-state index is 10.3. The van der Waals surface area contributed by atoms with Gasteiger partial charge >= 0.3 is 7.32 Å². The summed E-state index contributed by atoms with van der Waals surface area (Å²) in [6, 6.07) is 6.04. The van der Waals surface area contributed by atoms with Crippen LogP contribution in [0.2, 0.25) is 0 Å². The van der Waals surface area contributed by atoms with Crippen molar-refractivity contribution in [1.29, 1.82) is 0 Å². The third-order valence-corrected chi connectivity index (χ3v) is 2.65. The van der Waals surface area contributed by atoms with Crippen LogP contribution >= 0.6 is 0 Å². The lowest BCUT2D eigenvalue weighted by atomic mass is 9.80. The Balaban J connectivity index is 0.000000711. The highest BCUT2D eigenvalue weighted by molar-refractivity contribution is 6.30. The molecule has 4 nitrogen and oxygen atoms in total. The first kappa shape index (κ1) is 18.0. The third-order valence-electron chi connectivity index (χ3n) is 2.65. The summed E-state index contributed by atoms with van der Waals surface area (Å²) in [5.74, 6) is 0.456. The van der Waals surface area contributed by atoms with Crippen LogP contribution in [0.3, 0.4) is 0 Å². The Morgan fingerprint density at radius 2 is 1.05 bits per heavy atom. The molecule has 0 unspecified atom stereocenters. The molecule has 1 aromatic carbocycles. The molecule has 108 valence electrons. The summed E-state index contributed by atoms with van der Waals surface area (Å²) in [6.07, 6.45) is 0. The van der Waals surface area contributed by atoms with Gasteiger partial charge in [-0.15, -0.1) is 0 Å². The van der Waals surface area contributed by atoms with Crippen molar-refractivity contribution >= 4 is 7.32 Å². The smallest absolute Gasteiger partial charge is 0.507 e. The van der Waals surface area contributed by atoms with Gasteiger partial charge in [0.25, 0.3) is 0 Å². The van der Waals surface area contributed by atoms with Crippen molar-refractivity contribution in [1.82, 2.24) is 0 Å². The number of benzene rings is 1. The van der Waals surface area contributed by atoms with E-state index < -0.39 is 7.32 Å². The van der Waals surface area contributed by atoms with Crippen LogP contribution in [0.1, 0.15) is 52.7 Å². The van der Waals surface area contributed by atoms with E-state index in [0.29, 0.717) is 5.75 Å². The summed E-state index contributed by atoms with van der Waals surface area (Å²) in [5, 5.41) is 31.8. The summed E-state index contributed by atoms with van der Waals surface area (Å²) in [7, 11) is -2.17. The van der Waals surface area contributed by atoms with Gasteiger partial charge in [-0.05, 0) is 22.0 Å². The van der Waals surface area contributed by atoms with E-state index in [0.717, 1.165) is 11.1 Å². The molecule has 0 fully saturated rings. The fourth-order valence-electron chi connectivity index (χ4n) is 1.75. The lowest BCUT2D eigenvalue weighted by Crippen LogP contribution is -2.16. The van der Waals surface area contributed by atoms with Crippen molar-refractivity contribution in [3.05, 3.63) is 29.3 Å². The average molecular weight is 268 g/mol. The van der Waals surface area contributed by atoms with E-state index in [9.17, 15) is 5.11 Å². The second-order valence-electron chi connectivity index (χ2n) is 6.55. The van der Waals surface area contributed by atoms with E-state index >= 15 is 0 Å². The van der Waals surface area contributed by atoms with E-state index in [1.165, 1.54) is 0 Å². The summed E-state index contributed by atoms with van der Waals surface area (Å²) in [4.78, 5) is 0. The Labute approximate surface area is 115 Å². The van der Waals surface area contributed by atoms with Crippen molar-refractivity contribution in [3.63, 3.8) is 0 Å². The summed E-state index contributed by atoms with van der Waals surface area (Å²) in [6.45, 7) is 12.7. The number of para-hydroxylation sites is 1. The predicted octanol–water partition coefficient (Wildman–Crippen LogP) is 1.94. The highest BCUT2D eigenvalue weighted by Gasteiger charge is 2.24. The first-order chi connectivity index (χ1) is 8.37. The first-order valence-corrected chi connectivity index (χ1v) is 6.24. The van der Waals surface area contributed by atoms with Gasteiger partial charge in [0.15, 0.2) is 0 Å². The highest BCUT2D eigenvalue weighted by Crippen LogP contribution is 2.38. The number of hydrogen-bond acceptors (Lipinski definition) is 4. The second-order valence-corrected chi connectivity index (χ2v) is 6.55. The van der Waals surface area contributed by atoms with Crippen molar-refractivity contribution < 1.29 is 20.2 Å². The van der Waals surface area contributed by atoms with Gasteiger partial charge in [-0.3, -0.25) is 0 Å². The second kappa shape index (κ2) is 6.41. The Morgan fingerprint density at radius 1 is 0.789 bits per heavy atom. The Bertz CT molecular complexity index is 368. The van der Waals surface area contributed by atoms with Crippen molar-refractivity contribution in [2.45, 2.75) is 52.4 Å². The van der Waals surface area contributed by atoms with Crippen LogP contribution < -0.4 is 0 Å². The minimum Gasteiger partial charge on any atom is -0.507 e. The molecule has 0 atom stereocenters. The lowest BCUT2D eigenvalue weighted by Gasteiger charge is -2.26. The van der Waals surface area contributed by atoms with Crippen LogP contribution in [0.15, 0.2) is 18.2 Å². The molecule has 0 bridgehead atoms. The van der Waals surface area contributed by atoms with Crippen molar-refractivity contribution in [2.75, 3.05) is 0 Å². The number of hydrogen-bond donors (Lipinski definition) is 4. The average Bonchev–Trinajstić information content (AvgIpc) is 2.12. The molecule has 0 spiro atoms. The standard InChI is InChI=1S/C14H22O.BH3O3/c1-13(2,3)10-8-7-9-11(12(10)15)14(4,5)6;2-1(3)4/h7-9,15H,1-6H3;2-4H. The number of phenols is 1. The molecular weight excluding hydrogens is 243 g/mol. The molecule has 0 amide bonds. The van der Waals surface area contributed by atoms with Gasteiger partial charge in [-0.1, -0.05) is 59.7 Å². The largest absolute Gasteiger partial charge is 0.631 e. The van der Waals surface area contributed by atoms with Crippen LogP contribution in [0.4, 0.5) is 0 Å². The summed E-state index contributed by atoms with van der Waals surface area (Å²) < 4.78 is 0. The van der Waals surface area contributed by atoms with E-state index in [-0.39, 0.29) is 10.8 Å². The molecule has 0 saturated carbocycles. The molecule has 5 heteroatoms. The maximum Gasteiger partial charge on any atom is 0.631 e. The molecule has 4 N–H and O–H groups in total. The topological polar surface area (TPSA) is 80.9 Å². The molecule has 0 aliphatic carbocycles. The Morgan fingerprint density at radius 3 is 1.26 bits per heavy atom. The zero-order valence-electron chi connectivity index (χ0n) is 12.6. The van der Waals surface area contributed by atoms with Crippen LogP contribution in [-0.2, 0) is 10.8 Å². The van der Waals surface area contributed by atoms with Gasteiger partial charge in [-0.25, -0.2) is 0 Å². The van der Waals surface area contributed by atoms with Crippen LogP contribution in [0.25, 0.3) is 0 Å². The fraction of sp³-hybridized carbons (Fsp3) is 0.571. The van der Waals surface area contributed by atoms with Crippen LogP contribution in [0.5, 0.6) is 5.75 Å². The molecule has 1 rings (SSSR count). The van der Waals surface area contributed by atoms with Gasteiger partial charge < -0.3 is 20.2 Å². The third kappa shape index (κ3) is 6.10. The van der Waals surface area contributed by atoms with E-state index in [4.69, 9.17) is 15.1 Å². The van der Waals surface area contributed by atoms with Gasteiger partial charge in [0, 0.05) is 0 Å². The minimum atomic E-state index is -2.17. The molecular formula is C14H25BO4. The van der Waals surface area contributed by atoms with E-state index in [1.807, 2.05) is 18.2 Å². The predicted molar refractivity (Wildman–Crippen MR) is 77.9 cm³/mol. The molecule has 19 heavy (non-hydrogen) atoms. The zero-order chi connectivity index (χ0) is 15.4. The first-order valence-electron chi connectivity index (χ1n) is 6.24. The molecule has 0 radical (unpaired) electrons. The highest BCUT2D eigenvalue weighted by atomic mass is 16.5. The summed E-state index contributed by atoms with van der Waals surface area (Å²) in [5.41, 5.74) is 2.03. The van der Waals surface area contributed by atoms with Crippen molar-refractivity contribution in [2.24, 2.45) is 0 Å². The van der Waals surface area contributed by atoms with Gasteiger partial charge in [0.1, 0.15) is 5.75 Å².